The van der Waals surface area contributed by atoms with E-state index in [2.05, 4.69) is 6.07 Å². The Bertz CT molecular complexity index is 1170. The quantitative estimate of drug-likeness (QED) is 0.488. The largest absolute Gasteiger partial charge is 0.496 e. The van der Waals surface area contributed by atoms with Gasteiger partial charge in [-0.1, -0.05) is 12.1 Å². The van der Waals surface area contributed by atoms with Crippen LogP contribution in [-0.4, -0.2) is 16.5 Å². The highest BCUT2D eigenvalue weighted by Gasteiger charge is 2.22. The van der Waals surface area contributed by atoms with Crippen LogP contribution in [-0.2, 0) is 6.42 Å². The number of hydrogen-bond acceptors (Lipinski definition) is 4. The van der Waals surface area contributed by atoms with E-state index in [1.807, 2.05) is 35.6 Å². The molecule has 0 radical (unpaired) electrons. The molecule has 2 aromatic heterocycles. The number of hydrogen-bond donors (Lipinski definition) is 0. The van der Waals surface area contributed by atoms with E-state index in [-0.39, 0.29) is 12.2 Å². The fourth-order valence-electron chi connectivity index (χ4n) is 3.31. The minimum atomic E-state index is -0.277. The first-order valence-electron chi connectivity index (χ1n) is 8.41. The molecule has 0 N–H and O–H groups in total. The van der Waals surface area contributed by atoms with Gasteiger partial charge in [0.05, 0.1) is 36.7 Å². The van der Waals surface area contributed by atoms with Gasteiger partial charge in [-0.05, 0) is 48.9 Å². The zero-order chi connectivity index (χ0) is 19.0. The van der Waals surface area contributed by atoms with Gasteiger partial charge in [0.15, 0.2) is 4.96 Å². The molecule has 0 unspecified atom stereocenters. The summed E-state index contributed by atoms with van der Waals surface area (Å²) < 4.78 is 20.9. The highest BCUT2D eigenvalue weighted by molar-refractivity contribution is 7.17. The first-order chi connectivity index (χ1) is 13.1. The highest BCUT2D eigenvalue weighted by atomic mass is 32.1. The third kappa shape index (κ3) is 2.86. The van der Waals surface area contributed by atoms with Crippen molar-refractivity contribution >= 4 is 16.3 Å². The molecule has 2 aromatic carbocycles. The molecule has 4 rings (SSSR count). The van der Waals surface area contributed by atoms with Crippen molar-refractivity contribution in [2.45, 2.75) is 13.3 Å². The Morgan fingerprint density at radius 3 is 2.63 bits per heavy atom. The fourth-order valence-corrected chi connectivity index (χ4v) is 4.32. The number of para-hydroxylation sites is 1. The van der Waals surface area contributed by atoms with Crippen molar-refractivity contribution in [1.82, 2.24) is 9.38 Å². The molecule has 0 saturated heterocycles. The molecule has 0 amide bonds. The Hall–Kier alpha value is -3.17. The predicted octanol–water partition coefficient (Wildman–Crippen LogP) is 5.25. The highest BCUT2D eigenvalue weighted by Crippen LogP contribution is 2.38. The number of halogens is 1. The van der Waals surface area contributed by atoms with E-state index in [4.69, 9.17) is 9.72 Å². The van der Waals surface area contributed by atoms with E-state index >= 15 is 0 Å². The molecule has 4 nitrogen and oxygen atoms in total. The molecule has 0 atom stereocenters. The van der Waals surface area contributed by atoms with Gasteiger partial charge in [0, 0.05) is 10.4 Å². The van der Waals surface area contributed by atoms with Crippen molar-refractivity contribution in [2.24, 2.45) is 0 Å². The average Bonchev–Trinajstić information content (AvgIpc) is 3.18. The third-order valence-electron chi connectivity index (χ3n) is 4.47. The van der Waals surface area contributed by atoms with Gasteiger partial charge in [-0.25, -0.2) is 9.37 Å². The molecule has 0 fully saturated rings. The lowest BCUT2D eigenvalue weighted by molar-refractivity contribution is 0.416. The number of fused-ring (bicyclic) bond motifs is 1. The lowest BCUT2D eigenvalue weighted by Gasteiger charge is -2.09. The zero-order valence-electron chi connectivity index (χ0n) is 14.9. The summed E-state index contributed by atoms with van der Waals surface area (Å²) in [4.78, 5) is 6.68. The number of aromatic nitrogens is 2. The lowest BCUT2D eigenvalue weighted by Crippen LogP contribution is -1.97. The van der Waals surface area contributed by atoms with E-state index in [0.29, 0.717) is 5.75 Å². The van der Waals surface area contributed by atoms with Crippen LogP contribution in [0.2, 0.25) is 0 Å². The number of imidazole rings is 1. The van der Waals surface area contributed by atoms with E-state index in [1.165, 1.54) is 12.1 Å². The Kier molecular flexibility index (Phi) is 4.38. The Morgan fingerprint density at radius 2 is 1.93 bits per heavy atom. The van der Waals surface area contributed by atoms with Gasteiger partial charge in [0.25, 0.3) is 0 Å². The molecule has 0 bridgehead atoms. The van der Waals surface area contributed by atoms with Crippen molar-refractivity contribution in [3.8, 4) is 34.3 Å². The standard InChI is InChI=1S/C21H16FN3OS/c1-13-20(14-7-9-15(22)10-8-14)25-17(11-12-23)19(24-21(25)27-13)16-5-3-4-6-18(16)26-2/h3-10H,11H2,1-2H3. The van der Waals surface area contributed by atoms with Gasteiger partial charge >= 0.3 is 0 Å². The number of nitrogens with zero attached hydrogens (tertiary/aromatic N) is 3. The SMILES string of the molecule is COc1ccccc1-c1nc2sc(C)c(-c3ccc(F)cc3)n2c1CC#N. The van der Waals surface area contributed by atoms with Gasteiger partial charge in [0.1, 0.15) is 11.6 Å². The van der Waals surface area contributed by atoms with Crippen LogP contribution < -0.4 is 4.74 Å². The third-order valence-corrected chi connectivity index (χ3v) is 5.43. The second kappa shape index (κ2) is 6.86. The Morgan fingerprint density at radius 1 is 1.19 bits per heavy atom. The molecule has 6 heteroatoms. The molecule has 134 valence electrons. The van der Waals surface area contributed by atoms with Crippen LogP contribution in [0.5, 0.6) is 5.75 Å². The summed E-state index contributed by atoms with van der Waals surface area (Å²) >= 11 is 1.55. The second-order valence-corrected chi connectivity index (χ2v) is 7.26. The van der Waals surface area contributed by atoms with Crippen LogP contribution in [0.15, 0.2) is 48.5 Å². The summed E-state index contributed by atoms with van der Waals surface area (Å²) in [5.74, 6) is 0.433. The maximum Gasteiger partial charge on any atom is 0.195 e. The molecule has 0 aliphatic carbocycles. The Balaban J connectivity index is 2.02. The van der Waals surface area contributed by atoms with E-state index in [0.717, 1.165) is 38.0 Å². The lowest BCUT2D eigenvalue weighted by atomic mass is 10.1. The fraction of sp³-hybridized carbons (Fsp3) is 0.143. The van der Waals surface area contributed by atoms with Crippen LogP contribution in [0.4, 0.5) is 4.39 Å². The van der Waals surface area contributed by atoms with E-state index < -0.39 is 0 Å². The summed E-state index contributed by atoms with van der Waals surface area (Å²) in [5, 5.41) is 9.43. The van der Waals surface area contributed by atoms with Crippen LogP contribution >= 0.6 is 11.3 Å². The van der Waals surface area contributed by atoms with Crippen molar-refractivity contribution < 1.29 is 9.13 Å². The number of benzene rings is 2. The molecule has 0 aliphatic rings. The molecular formula is C21H16FN3OS. The molecular weight excluding hydrogens is 361 g/mol. The van der Waals surface area contributed by atoms with Crippen LogP contribution in [0.1, 0.15) is 10.6 Å². The smallest absolute Gasteiger partial charge is 0.195 e. The minimum Gasteiger partial charge on any atom is -0.496 e. The molecule has 0 saturated carbocycles. The van der Waals surface area contributed by atoms with Gasteiger partial charge in [-0.2, -0.15) is 5.26 Å². The normalized spacial score (nSPS) is 10.9. The number of rotatable bonds is 4. The molecule has 27 heavy (non-hydrogen) atoms. The minimum absolute atomic E-state index is 0.207. The Labute approximate surface area is 160 Å². The van der Waals surface area contributed by atoms with Gasteiger partial charge < -0.3 is 4.74 Å². The number of thiazole rings is 1. The summed E-state index contributed by atoms with van der Waals surface area (Å²) in [6, 6.07) is 16.3. The topological polar surface area (TPSA) is 50.3 Å². The zero-order valence-corrected chi connectivity index (χ0v) is 15.7. The maximum atomic E-state index is 13.4. The summed E-state index contributed by atoms with van der Waals surface area (Å²) in [6.45, 7) is 2.01. The molecule has 0 spiro atoms. The van der Waals surface area contributed by atoms with Gasteiger partial charge in [0.2, 0.25) is 0 Å². The van der Waals surface area contributed by atoms with Crippen molar-refractivity contribution in [3.05, 3.63) is 64.9 Å². The van der Waals surface area contributed by atoms with Gasteiger partial charge in [-0.15, -0.1) is 11.3 Å². The number of ether oxygens (including phenoxy) is 1. The summed E-state index contributed by atoms with van der Waals surface area (Å²) in [5.41, 5.74) is 4.23. The van der Waals surface area contributed by atoms with Crippen molar-refractivity contribution in [2.75, 3.05) is 7.11 Å². The van der Waals surface area contributed by atoms with Crippen molar-refractivity contribution in [1.29, 1.82) is 5.26 Å². The van der Waals surface area contributed by atoms with Crippen LogP contribution in [0.25, 0.3) is 27.5 Å². The average molecular weight is 377 g/mol. The van der Waals surface area contributed by atoms with Crippen molar-refractivity contribution in [3.63, 3.8) is 0 Å². The van der Waals surface area contributed by atoms with E-state index in [9.17, 15) is 9.65 Å². The van der Waals surface area contributed by atoms with Crippen LogP contribution in [0.3, 0.4) is 0 Å². The first-order valence-corrected chi connectivity index (χ1v) is 9.22. The predicted molar refractivity (Wildman–Crippen MR) is 105 cm³/mol. The maximum absolute atomic E-state index is 13.4. The molecule has 0 aliphatic heterocycles. The van der Waals surface area contributed by atoms with Gasteiger partial charge in [-0.3, -0.25) is 4.40 Å². The van der Waals surface area contributed by atoms with E-state index in [1.54, 1.807) is 30.6 Å². The summed E-state index contributed by atoms with van der Waals surface area (Å²) in [6.07, 6.45) is 0.207. The second-order valence-electron chi connectivity index (χ2n) is 6.07. The number of nitriles is 1. The first kappa shape index (κ1) is 17.3. The molecule has 2 heterocycles. The number of aryl methyl sites for hydroxylation is 1. The summed E-state index contributed by atoms with van der Waals surface area (Å²) in [7, 11) is 1.62. The number of methoxy groups -OCH3 is 1. The van der Waals surface area contributed by atoms with Crippen LogP contribution in [0, 0.1) is 24.1 Å². The monoisotopic (exact) mass is 377 g/mol. The molecule has 4 aromatic rings.